The van der Waals surface area contributed by atoms with Gasteiger partial charge in [0.2, 0.25) is 0 Å². The van der Waals surface area contributed by atoms with E-state index < -0.39 is 11.5 Å². The topological polar surface area (TPSA) is 73.1 Å². The Hall–Kier alpha value is -1.86. The molecule has 2 atom stereocenters. The van der Waals surface area contributed by atoms with E-state index in [2.05, 4.69) is 11.4 Å². The number of hydrogen-bond donors (Lipinski definition) is 2. The molecular weight excluding hydrogens is 216 g/mol. The molecule has 1 aliphatic rings. The van der Waals surface area contributed by atoms with E-state index >= 15 is 0 Å². The number of nitriles is 1. The van der Waals surface area contributed by atoms with Gasteiger partial charge in [-0.25, -0.2) is 0 Å². The van der Waals surface area contributed by atoms with E-state index in [1.165, 1.54) is 0 Å². The molecule has 0 spiro atoms. The maximum Gasteiger partial charge on any atom is 0.324 e. The number of hydrogen-bond acceptors (Lipinski definition) is 3. The molecule has 1 heterocycles. The second-order valence-corrected chi connectivity index (χ2v) is 4.51. The van der Waals surface area contributed by atoms with Gasteiger partial charge in [-0.15, -0.1) is 0 Å². The third-order valence-electron chi connectivity index (χ3n) is 3.51. The highest BCUT2D eigenvalue weighted by Gasteiger charge is 2.45. The number of aliphatic carboxylic acids is 1. The molecule has 0 saturated carbocycles. The zero-order chi connectivity index (χ0) is 12.5. The Morgan fingerprint density at radius 1 is 1.53 bits per heavy atom. The van der Waals surface area contributed by atoms with Crippen LogP contribution in [0.25, 0.3) is 0 Å². The summed E-state index contributed by atoms with van der Waals surface area (Å²) < 4.78 is 0. The molecule has 0 radical (unpaired) electrons. The number of carboxylic acids is 1. The smallest absolute Gasteiger partial charge is 0.324 e. The van der Waals surface area contributed by atoms with Gasteiger partial charge in [0.05, 0.1) is 11.6 Å². The summed E-state index contributed by atoms with van der Waals surface area (Å²) in [5, 5.41) is 21.1. The summed E-state index contributed by atoms with van der Waals surface area (Å²) in [5.74, 6) is -0.878. The van der Waals surface area contributed by atoms with Gasteiger partial charge in [0.15, 0.2) is 0 Å². The quantitative estimate of drug-likeness (QED) is 0.807. The second kappa shape index (κ2) is 4.19. The molecule has 0 bridgehead atoms. The van der Waals surface area contributed by atoms with Crippen LogP contribution in [0.15, 0.2) is 24.3 Å². The van der Waals surface area contributed by atoms with Gasteiger partial charge in [-0.2, -0.15) is 5.26 Å². The number of benzene rings is 1. The van der Waals surface area contributed by atoms with E-state index in [1.807, 2.05) is 12.1 Å². The third kappa shape index (κ3) is 1.90. The van der Waals surface area contributed by atoms with Crippen molar-refractivity contribution in [1.82, 2.24) is 5.32 Å². The van der Waals surface area contributed by atoms with E-state index in [4.69, 9.17) is 5.26 Å². The third-order valence-corrected chi connectivity index (χ3v) is 3.51. The largest absolute Gasteiger partial charge is 0.480 e. The zero-order valence-corrected chi connectivity index (χ0v) is 9.60. The summed E-state index contributed by atoms with van der Waals surface area (Å²) in [6.07, 6.45) is 0.800. The minimum absolute atomic E-state index is 0.0484. The van der Waals surface area contributed by atoms with Gasteiger partial charge in [0.25, 0.3) is 0 Å². The van der Waals surface area contributed by atoms with Gasteiger partial charge in [0.1, 0.15) is 5.54 Å². The number of carbonyl (C=O) groups is 1. The first-order valence-corrected chi connectivity index (χ1v) is 5.56. The predicted molar refractivity (Wildman–Crippen MR) is 62.6 cm³/mol. The standard InChI is InChI=1S/C13H14N2O2/c1-13(12(16)17)11(6-7-15-13)10-4-2-9(8-14)3-5-10/h2-5,11,15H,6-7H2,1H3,(H,16,17)/t11?,13-/m0/s1. The SMILES string of the molecule is C[C@]1(C(=O)O)NCCC1c1ccc(C#N)cc1. The highest BCUT2D eigenvalue weighted by Crippen LogP contribution is 2.35. The predicted octanol–water partition coefficient (Wildman–Crippen LogP) is 1.48. The Bertz CT molecular complexity index is 475. The first kappa shape index (κ1) is 11.6. The molecule has 2 rings (SSSR count). The molecule has 4 heteroatoms. The van der Waals surface area contributed by atoms with Crippen LogP contribution >= 0.6 is 0 Å². The molecular formula is C13H14N2O2. The van der Waals surface area contributed by atoms with Crippen LogP contribution in [0.1, 0.15) is 30.4 Å². The van der Waals surface area contributed by atoms with Crippen molar-refractivity contribution in [3.05, 3.63) is 35.4 Å². The van der Waals surface area contributed by atoms with Crippen LogP contribution in [-0.2, 0) is 4.79 Å². The van der Waals surface area contributed by atoms with Crippen molar-refractivity contribution in [2.45, 2.75) is 24.8 Å². The van der Waals surface area contributed by atoms with E-state index in [0.29, 0.717) is 12.1 Å². The van der Waals surface area contributed by atoms with Crippen molar-refractivity contribution in [3.8, 4) is 6.07 Å². The number of nitrogens with one attached hydrogen (secondary N) is 1. The van der Waals surface area contributed by atoms with Gasteiger partial charge in [-0.3, -0.25) is 4.79 Å². The van der Waals surface area contributed by atoms with Crippen molar-refractivity contribution in [1.29, 1.82) is 5.26 Å². The van der Waals surface area contributed by atoms with Gasteiger partial charge >= 0.3 is 5.97 Å². The summed E-state index contributed by atoms with van der Waals surface area (Å²) >= 11 is 0. The Morgan fingerprint density at radius 3 is 2.71 bits per heavy atom. The van der Waals surface area contributed by atoms with Crippen molar-refractivity contribution >= 4 is 5.97 Å². The summed E-state index contributed by atoms with van der Waals surface area (Å²) in [6.45, 7) is 2.42. The van der Waals surface area contributed by atoms with Crippen LogP contribution in [0, 0.1) is 11.3 Å². The maximum absolute atomic E-state index is 11.3. The molecule has 17 heavy (non-hydrogen) atoms. The summed E-state index contributed by atoms with van der Waals surface area (Å²) in [6, 6.07) is 9.21. The van der Waals surface area contributed by atoms with Crippen molar-refractivity contribution in [3.63, 3.8) is 0 Å². The lowest BCUT2D eigenvalue weighted by Gasteiger charge is -2.27. The molecule has 1 fully saturated rings. The lowest BCUT2D eigenvalue weighted by molar-refractivity contribution is -0.144. The Morgan fingerprint density at radius 2 is 2.18 bits per heavy atom. The van der Waals surface area contributed by atoms with Crippen LogP contribution in [0.2, 0.25) is 0 Å². The summed E-state index contributed by atoms with van der Waals surface area (Å²) in [5.41, 5.74) is 0.657. The molecule has 1 aromatic carbocycles. The van der Waals surface area contributed by atoms with Gasteiger partial charge in [-0.05, 0) is 37.6 Å². The van der Waals surface area contributed by atoms with Gasteiger partial charge < -0.3 is 10.4 Å². The van der Waals surface area contributed by atoms with Crippen LogP contribution in [0.3, 0.4) is 0 Å². The maximum atomic E-state index is 11.3. The normalized spacial score (nSPS) is 27.6. The monoisotopic (exact) mass is 230 g/mol. The van der Waals surface area contributed by atoms with Gasteiger partial charge in [0, 0.05) is 5.92 Å². The number of rotatable bonds is 2. The summed E-state index contributed by atoms with van der Waals surface area (Å²) in [4.78, 5) is 11.3. The Kier molecular flexibility index (Phi) is 2.86. The molecule has 1 unspecified atom stereocenters. The molecule has 1 aliphatic heterocycles. The summed E-state index contributed by atoms with van der Waals surface area (Å²) in [7, 11) is 0. The molecule has 0 amide bonds. The molecule has 2 N–H and O–H groups in total. The molecule has 1 aromatic rings. The first-order valence-electron chi connectivity index (χ1n) is 5.56. The van der Waals surface area contributed by atoms with Crippen LogP contribution < -0.4 is 5.32 Å². The average Bonchev–Trinajstić information content (AvgIpc) is 2.73. The minimum atomic E-state index is -0.909. The first-order chi connectivity index (χ1) is 8.08. The van der Waals surface area contributed by atoms with E-state index in [9.17, 15) is 9.90 Å². The fourth-order valence-corrected chi connectivity index (χ4v) is 2.40. The minimum Gasteiger partial charge on any atom is -0.480 e. The van der Waals surface area contributed by atoms with Crippen molar-refractivity contribution in [2.24, 2.45) is 0 Å². The molecule has 0 aromatic heterocycles. The van der Waals surface area contributed by atoms with E-state index in [0.717, 1.165) is 12.0 Å². The molecule has 1 saturated heterocycles. The molecule has 0 aliphatic carbocycles. The molecule has 4 nitrogen and oxygen atoms in total. The Balaban J connectivity index is 2.33. The highest BCUT2D eigenvalue weighted by molar-refractivity contribution is 5.80. The van der Waals surface area contributed by atoms with Crippen LogP contribution in [0.5, 0.6) is 0 Å². The Labute approximate surface area is 99.9 Å². The fourth-order valence-electron chi connectivity index (χ4n) is 2.40. The van der Waals surface area contributed by atoms with E-state index in [1.54, 1.807) is 19.1 Å². The fraction of sp³-hybridized carbons (Fsp3) is 0.385. The number of carboxylic acid groups (broad SMARTS) is 1. The lowest BCUT2D eigenvalue weighted by Crippen LogP contribution is -2.48. The average molecular weight is 230 g/mol. The molecule has 88 valence electrons. The second-order valence-electron chi connectivity index (χ2n) is 4.51. The lowest BCUT2D eigenvalue weighted by atomic mass is 9.82. The number of nitrogens with zero attached hydrogens (tertiary/aromatic N) is 1. The van der Waals surface area contributed by atoms with Crippen molar-refractivity contribution in [2.75, 3.05) is 6.54 Å². The van der Waals surface area contributed by atoms with Crippen LogP contribution in [-0.4, -0.2) is 23.2 Å². The van der Waals surface area contributed by atoms with Crippen LogP contribution in [0.4, 0.5) is 0 Å². The highest BCUT2D eigenvalue weighted by atomic mass is 16.4. The zero-order valence-electron chi connectivity index (χ0n) is 9.60. The van der Waals surface area contributed by atoms with Crippen molar-refractivity contribution < 1.29 is 9.90 Å². The van der Waals surface area contributed by atoms with E-state index in [-0.39, 0.29) is 5.92 Å². The van der Waals surface area contributed by atoms with Gasteiger partial charge in [-0.1, -0.05) is 12.1 Å².